The van der Waals surface area contributed by atoms with Crippen molar-refractivity contribution >= 4 is 29.6 Å². The fraction of sp³-hybridized carbons (Fsp3) is 0.190. The Morgan fingerprint density at radius 1 is 1.22 bits per heavy atom. The summed E-state index contributed by atoms with van der Waals surface area (Å²) in [7, 11) is 0. The number of halogens is 1. The number of nitriles is 1. The van der Waals surface area contributed by atoms with Crippen molar-refractivity contribution in [1.82, 2.24) is 5.32 Å². The van der Waals surface area contributed by atoms with Gasteiger partial charge in [-0.3, -0.25) is 4.79 Å². The van der Waals surface area contributed by atoms with Crippen LogP contribution in [0.1, 0.15) is 23.6 Å². The van der Waals surface area contributed by atoms with E-state index in [9.17, 15) is 14.9 Å². The first-order chi connectivity index (χ1) is 12.9. The Hall–Kier alpha value is -3.10. The summed E-state index contributed by atoms with van der Waals surface area (Å²) in [5.74, 6) is -1.32. The number of ether oxygens (including phenoxy) is 1. The fourth-order valence-corrected chi connectivity index (χ4v) is 2.41. The summed E-state index contributed by atoms with van der Waals surface area (Å²) in [6, 6.07) is 16.3. The van der Waals surface area contributed by atoms with Gasteiger partial charge in [0.1, 0.15) is 11.6 Å². The number of amides is 1. The molecule has 0 aliphatic carbocycles. The lowest BCUT2D eigenvalue weighted by molar-refractivity contribution is -0.150. The first-order valence-corrected chi connectivity index (χ1v) is 8.69. The zero-order valence-electron chi connectivity index (χ0n) is 15.0. The minimum atomic E-state index is -1.05. The van der Waals surface area contributed by atoms with Crippen molar-refractivity contribution in [2.45, 2.75) is 26.5 Å². The van der Waals surface area contributed by atoms with Crippen LogP contribution in [0.4, 0.5) is 0 Å². The number of nitrogens with zero attached hydrogens (tertiary/aromatic N) is 1. The molecule has 0 aliphatic rings. The van der Waals surface area contributed by atoms with Gasteiger partial charge in [-0.2, -0.15) is 5.26 Å². The topological polar surface area (TPSA) is 79.2 Å². The first kappa shape index (κ1) is 20.2. The molecule has 0 unspecified atom stereocenters. The normalized spacial score (nSPS) is 12.0. The average molecular weight is 383 g/mol. The van der Waals surface area contributed by atoms with Crippen LogP contribution in [0.25, 0.3) is 6.08 Å². The maximum atomic E-state index is 12.2. The molecule has 0 saturated carbocycles. The standard InChI is InChI=1S/C21H19ClN2O3/c1-14-7-9-16(10-8-14)11-18(12-23)21(26)27-15(2)20(25)24-13-17-5-3-4-6-19(17)22/h3-11,15H,13H2,1-2H3,(H,24,25)/b18-11+/t15-/m1/s1. The molecule has 27 heavy (non-hydrogen) atoms. The second kappa shape index (κ2) is 9.56. The lowest BCUT2D eigenvalue weighted by Crippen LogP contribution is -2.35. The summed E-state index contributed by atoms with van der Waals surface area (Å²) in [6.07, 6.45) is 0.380. The Morgan fingerprint density at radius 3 is 2.52 bits per heavy atom. The van der Waals surface area contributed by atoms with Crippen LogP contribution in [-0.2, 0) is 20.9 Å². The molecular weight excluding hydrogens is 364 g/mol. The molecule has 1 N–H and O–H groups in total. The molecule has 2 aromatic carbocycles. The predicted molar refractivity (Wildman–Crippen MR) is 104 cm³/mol. The van der Waals surface area contributed by atoms with Crippen LogP contribution < -0.4 is 5.32 Å². The van der Waals surface area contributed by atoms with Gasteiger partial charge in [-0.1, -0.05) is 59.6 Å². The van der Waals surface area contributed by atoms with Gasteiger partial charge in [0.25, 0.3) is 5.91 Å². The Kier molecular flexibility index (Phi) is 7.16. The van der Waals surface area contributed by atoms with E-state index in [1.165, 1.54) is 13.0 Å². The zero-order valence-corrected chi connectivity index (χ0v) is 15.8. The van der Waals surface area contributed by atoms with Crippen LogP contribution in [0.2, 0.25) is 5.02 Å². The molecule has 0 spiro atoms. The number of rotatable bonds is 6. The van der Waals surface area contributed by atoms with Gasteiger partial charge in [-0.05, 0) is 37.1 Å². The highest BCUT2D eigenvalue weighted by Crippen LogP contribution is 2.14. The van der Waals surface area contributed by atoms with Crippen molar-refractivity contribution in [2.24, 2.45) is 0 Å². The molecule has 5 nitrogen and oxygen atoms in total. The molecule has 0 aromatic heterocycles. The predicted octanol–water partition coefficient (Wildman–Crippen LogP) is 3.80. The minimum Gasteiger partial charge on any atom is -0.448 e. The molecule has 0 aliphatic heterocycles. The molecule has 2 rings (SSSR count). The molecular formula is C21H19ClN2O3. The summed E-state index contributed by atoms with van der Waals surface area (Å²) in [6.45, 7) is 3.60. The van der Waals surface area contributed by atoms with Crippen LogP contribution in [0.3, 0.4) is 0 Å². The van der Waals surface area contributed by atoms with E-state index in [1.54, 1.807) is 30.3 Å². The Labute approximate surface area is 163 Å². The SMILES string of the molecule is Cc1ccc(/C=C(\C#N)C(=O)O[C@H](C)C(=O)NCc2ccccc2Cl)cc1. The van der Waals surface area contributed by atoms with Gasteiger partial charge in [-0.15, -0.1) is 0 Å². The number of benzene rings is 2. The molecule has 0 fully saturated rings. The molecule has 1 atom stereocenters. The Balaban J connectivity index is 1.96. The highest BCUT2D eigenvalue weighted by atomic mass is 35.5. The van der Waals surface area contributed by atoms with E-state index in [2.05, 4.69) is 5.32 Å². The van der Waals surface area contributed by atoms with E-state index in [0.717, 1.165) is 11.1 Å². The lowest BCUT2D eigenvalue weighted by Gasteiger charge is -2.13. The monoisotopic (exact) mass is 382 g/mol. The highest BCUT2D eigenvalue weighted by Gasteiger charge is 2.20. The van der Waals surface area contributed by atoms with Crippen LogP contribution in [0, 0.1) is 18.3 Å². The van der Waals surface area contributed by atoms with E-state index in [1.807, 2.05) is 31.2 Å². The van der Waals surface area contributed by atoms with E-state index in [0.29, 0.717) is 10.6 Å². The smallest absolute Gasteiger partial charge is 0.349 e. The largest absolute Gasteiger partial charge is 0.448 e. The minimum absolute atomic E-state index is 0.176. The molecule has 6 heteroatoms. The quantitative estimate of drug-likeness (QED) is 0.468. The van der Waals surface area contributed by atoms with Gasteiger partial charge in [-0.25, -0.2) is 4.79 Å². The van der Waals surface area contributed by atoms with E-state index in [-0.39, 0.29) is 12.1 Å². The Bertz CT molecular complexity index is 898. The third kappa shape index (κ3) is 5.98. The number of esters is 1. The van der Waals surface area contributed by atoms with Crippen molar-refractivity contribution in [3.8, 4) is 6.07 Å². The van der Waals surface area contributed by atoms with E-state index >= 15 is 0 Å². The Morgan fingerprint density at radius 2 is 1.89 bits per heavy atom. The maximum Gasteiger partial charge on any atom is 0.349 e. The number of carbonyl (C=O) groups excluding carboxylic acids is 2. The molecule has 0 saturated heterocycles. The molecule has 138 valence electrons. The van der Waals surface area contributed by atoms with Crippen molar-refractivity contribution < 1.29 is 14.3 Å². The van der Waals surface area contributed by atoms with Crippen LogP contribution in [0.5, 0.6) is 0 Å². The number of hydrogen-bond donors (Lipinski definition) is 1. The van der Waals surface area contributed by atoms with Gasteiger partial charge in [0.15, 0.2) is 6.10 Å². The van der Waals surface area contributed by atoms with Crippen molar-refractivity contribution in [2.75, 3.05) is 0 Å². The second-order valence-corrected chi connectivity index (χ2v) is 6.34. The number of aryl methyl sites for hydroxylation is 1. The maximum absolute atomic E-state index is 12.2. The van der Waals surface area contributed by atoms with Gasteiger partial charge in [0, 0.05) is 11.6 Å². The summed E-state index contributed by atoms with van der Waals surface area (Å²) in [4.78, 5) is 24.3. The third-order valence-corrected chi connectivity index (χ3v) is 4.16. The van der Waals surface area contributed by atoms with Gasteiger partial charge >= 0.3 is 5.97 Å². The average Bonchev–Trinajstić information content (AvgIpc) is 2.66. The number of hydrogen-bond acceptors (Lipinski definition) is 4. The number of carbonyl (C=O) groups is 2. The second-order valence-electron chi connectivity index (χ2n) is 5.94. The molecule has 0 radical (unpaired) electrons. The molecule has 0 heterocycles. The van der Waals surface area contributed by atoms with Gasteiger partial charge < -0.3 is 10.1 Å². The first-order valence-electron chi connectivity index (χ1n) is 8.31. The molecule has 0 bridgehead atoms. The third-order valence-electron chi connectivity index (χ3n) is 3.79. The van der Waals surface area contributed by atoms with Crippen LogP contribution >= 0.6 is 11.6 Å². The summed E-state index contributed by atoms with van der Waals surface area (Å²) in [5, 5.41) is 12.4. The van der Waals surface area contributed by atoms with Crippen molar-refractivity contribution in [3.05, 3.63) is 75.8 Å². The summed E-state index contributed by atoms with van der Waals surface area (Å²) >= 11 is 6.04. The van der Waals surface area contributed by atoms with Gasteiger partial charge in [0.05, 0.1) is 0 Å². The fourth-order valence-electron chi connectivity index (χ4n) is 2.21. The summed E-state index contributed by atoms with van der Waals surface area (Å²) in [5.41, 5.74) is 2.34. The van der Waals surface area contributed by atoms with Crippen molar-refractivity contribution in [1.29, 1.82) is 5.26 Å². The molecule has 1 amide bonds. The van der Waals surface area contributed by atoms with Crippen LogP contribution in [0.15, 0.2) is 54.1 Å². The van der Waals surface area contributed by atoms with Crippen LogP contribution in [-0.4, -0.2) is 18.0 Å². The van der Waals surface area contributed by atoms with Crippen molar-refractivity contribution in [3.63, 3.8) is 0 Å². The van der Waals surface area contributed by atoms with Gasteiger partial charge in [0.2, 0.25) is 0 Å². The van der Waals surface area contributed by atoms with E-state index < -0.39 is 18.0 Å². The lowest BCUT2D eigenvalue weighted by atomic mass is 10.1. The number of nitrogens with one attached hydrogen (secondary N) is 1. The highest BCUT2D eigenvalue weighted by molar-refractivity contribution is 6.31. The zero-order chi connectivity index (χ0) is 19.8. The summed E-state index contributed by atoms with van der Waals surface area (Å²) < 4.78 is 5.11. The van der Waals surface area contributed by atoms with E-state index in [4.69, 9.17) is 16.3 Å². The molecule has 2 aromatic rings.